The van der Waals surface area contributed by atoms with Gasteiger partial charge >= 0.3 is 0 Å². The van der Waals surface area contributed by atoms with Crippen LogP contribution in [0.2, 0.25) is 0 Å². The number of likely N-dealkylation sites (N-methyl/N-ethyl adjacent to an activating group) is 1. The Kier molecular flexibility index (Phi) is 3.67. The average Bonchev–Trinajstić information content (AvgIpc) is 2.59. The molecule has 2 aromatic rings. The topological polar surface area (TPSA) is 56.5 Å². The standard InChI is InChI=1S/C19H18N2O2S/c1-21-8-7-12-16(24-10-20)6-4-13-17-11(9-14(21)18(12)13)3-5-15(23-2)19(17)22/h3-6,14,22H,7-9H2,1-2H3. The number of aromatic hydroxyl groups is 1. The molecule has 5 heteroatoms. The monoisotopic (exact) mass is 338 g/mol. The lowest BCUT2D eigenvalue weighted by Crippen LogP contribution is -2.35. The van der Waals surface area contributed by atoms with Gasteiger partial charge in [-0.05, 0) is 66.0 Å². The van der Waals surface area contributed by atoms with Gasteiger partial charge in [0.15, 0.2) is 11.5 Å². The number of fused-ring (bicyclic) bond motifs is 2. The quantitative estimate of drug-likeness (QED) is 0.668. The minimum absolute atomic E-state index is 0.213. The third-order valence-electron chi connectivity index (χ3n) is 5.18. The predicted molar refractivity (Wildman–Crippen MR) is 94.3 cm³/mol. The lowest BCUT2D eigenvalue weighted by molar-refractivity contribution is 0.226. The molecular weight excluding hydrogens is 320 g/mol. The maximum Gasteiger partial charge on any atom is 0.165 e. The number of ether oxygens (including phenoxy) is 1. The van der Waals surface area contributed by atoms with Gasteiger partial charge in [0, 0.05) is 23.0 Å². The Labute approximate surface area is 145 Å². The minimum atomic E-state index is 0.213. The number of nitriles is 1. The third-order valence-corrected chi connectivity index (χ3v) is 5.87. The zero-order chi connectivity index (χ0) is 16.8. The van der Waals surface area contributed by atoms with Gasteiger partial charge in [-0.25, -0.2) is 0 Å². The number of hydrogen-bond acceptors (Lipinski definition) is 5. The predicted octanol–water partition coefficient (Wildman–Crippen LogP) is 3.73. The van der Waals surface area contributed by atoms with Gasteiger partial charge in [-0.3, -0.25) is 4.90 Å². The van der Waals surface area contributed by atoms with Gasteiger partial charge in [0.05, 0.1) is 7.11 Å². The van der Waals surface area contributed by atoms with Crippen molar-refractivity contribution in [2.45, 2.75) is 23.8 Å². The van der Waals surface area contributed by atoms with E-state index in [4.69, 9.17) is 10.00 Å². The number of hydrogen-bond donors (Lipinski definition) is 1. The number of nitrogens with zero attached hydrogens (tertiary/aromatic N) is 2. The van der Waals surface area contributed by atoms with E-state index in [1.165, 1.54) is 22.9 Å². The average molecular weight is 338 g/mol. The molecule has 0 amide bonds. The molecule has 1 N–H and O–H groups in total. The summed E-state index contributed by atoms with van der Waals surface area (Å²) in [6.07, 6.45) is 1.80. The van der Waals surface area contributed by atoms with E-state index in [1.54, 1.807) is 7.11 Å². The first-order valence-corrected chi connectivity index (χ1v) is 8.78. The fourth-order valence-corrected chi connectivity index (χ4v) is 4.60. The molecule has 0 saturated heterocycles. The second kappa shape index (κ2) is 5.73. The van der Waals surface area contributed by atoms with Crippen LogP contribution in [0, 0.1) is 10.7 Å². The summed E-state index contributed by atoms with van der Waals surface area (Å²) in [6, 6.07) is 8.24. The van der Waals surface area contributed by atoms with Gasteiger partial charge in [-0.1, -0.05) is 12.1 Å². The van der Waals surface area contributed by atoms with E-state index < -0.39 is 0 Å². The Hall–Kier alpha value is -2.16. The summed E-state index contributed by atoms with van der Waals surface area (Å²) in [5.74, 6) is 0.713. The second-order valence-electron chi connectivity index (χ2n) is 6.30. The maximum atomic E-state index is 10.7. The lowest BCUT2D eigenvalue weighted by Gasteiger charge is -2.40. The summed E-state index contributed by atoms with van der Waals surface area (Å²) < 4.78 is 5.30. The van der Waals surface area contributed by atoms with Crippen LogP contribution < -0.4 is 4.74 Å². The molecule has 122 valence electrons. The van der Waals surface area contributed by atoms with Gasteiger partial charge in [0.25, 0.3) is 0 Å². The molecule has 1 unspecified atom stereocenters. The molecule has 0 bridgehead atoms. The van der Waals surface area contributed by atoms with E-state index in [2.05, 4.69) is 23.4 Å². The lowest BCUT2D eigenvalue weighted by atomic mass is 9.77. The number of rotatable bonds is 2. The van der Waals surface area contributed by atoms with E-state index in [-0.39, 0.29) is 5.75 Å². The van der Waals surface area contributed by atoms with Crippen molar-refractivity contribution in [1.82, 2.24) is 4.90 Å². The zero-order valence-corrected chi connectivity index (χ0v) is 14.5. The van der Waals surface area contributed by atoms with Crippen molar-refractivity contribution < 1.29 is 9.84 Å². The van der Waals surface area contributed by atoms with Crippen molar-refractivity contribution in [2.24, 2.45) is 0 Å². The number of phenolic OH excluding ortho intramolecular Hbond substituents is 1. The van der Waals surface area contributed by atoms with Crippen LogP contribution >= 0.6 is 11.8 Å². The third kappa shape index (κ3) is 2.10. The summed E-state index contributed by atoms with van der Waals surface area (Å²) >= 11 is 1.23. The van der Waals surface area contributed by atoms with Crippen LogP contribution in [-0.4, -0.2) is 30.7 Å². The largest absolute Gasteiger partial charge is 0.504 e. The Bertz CT molecular complexity index is 873. The van der Waals surface area contributed by atoms with E-state index in [0.717, 1.165) is 41.0 Å². The first-order valence-electron chi connectivity index (χ1n) is 7.96. The normalized spacial score (nSPS) is 18.5. The van der Waals surface area contributed by atoms with E-state index in [9.17, 15) is 5.11 Å². The molecule has 0 radical (unpaired) electrons. The van der Waals surface area contributed by atoms with Crippen LogP contribution in [0.1, 0.15) is 22.7 Å². The molecule has 4 rings (SSSR count). The Morgan fingerprint density at radius 3 is 2.92 bits per heavy atom. The molecule has 2 aliphatic rings. The molecule has 1 aliphatic heterocycles. The first-order chi connectivity index (χ1) is 11.7. The fourth-order valence-electron chi connectivity index (χ4n) is 4.03. The molecular formula is C19H18N2O2S. The highest BCUT2D eigenvalue weighted by Crippen LogP contribution is 2.51. The van der Waals surface area contributed by atoms with Gasteiger partial charge < -0.3 is 9.84 Å². The van der Waals surface area contributed by atoms with Gasteiger partial charge in [-0.15, -0.1) is 0 Å². The Morgan fingerprint density at radius 1 is 1.33 bits per heavy atom. The summed E-state index contributed by atoms with van der Waals surface area (Å²) in [5, 5.41) is 22.0. The molecule has 0 fully saturated rings. The molecule has 4 nitrogen and oxygen atoms in total. The zero-order valence-electron chi connectivity index (χ0n) is 13.7. The van der Waals surface area contributed by atoms with Gasteiger partial charge in [-0.2, -0.15) is 5.26 Å². The number of methoxy groups -OCH3 is 1. The maximum absolute atomic E-state index is 10.7. The summed E-state index contributed by atoms with van der Waals surface area (Å²) in [6.45, 7) is 0.984. The Balaban J connectivity index is 2.01. The minimum Gasteiger partial charge on any atom is -0.504 e. The smallest absolute Gasteiger partial charge is 0.165 e. The van der Waals surface area contributed by atoms with E-state index in [0.29, 0.717) is 11.8 Å². The Morgan fingerprint density at radius 2 is 2.17 bits per heavy atom. The molecule has 1 atom stereocenters. The van der Waals surface area contributed by atoms with Crippen molar-refractivity contribution in [1.29, 1.82) is 5.26 Å². The number of thioether (sulfide) groups is 1. The molecule has 0 aromatic heterocycles. The highest BCUT2D eigenvalue weighted by atomic mass is 32.2. The molecule has 24 heavy (non-hydrogen) atoms. The fraction of sp³-hybridized carbons (Fsp3) is 0.316. The van der Waals surface area contributed by atoms with Gasteiger partial charge in [0.2, 0.25) is 0 Å². The molecule has 1 aliphatic carbocycles. The van der Waals surface area contributed by atoms with Crippen molar-refractivity contribution in [2.75, 3.05) is 20.7 Å². The molecule has 1 heterocycles. The number of phenols is 1. The van der Waals surface area contributed by atoms with Crippen LogP contribution in [0.5, 0.6) is 11.5 Å². The SMILES string of the molecule is COc1ccc2c(c1O)-c1ccc(SC#N)c3c1C(C2)N(C)CC3. The summed E-state index contributed by atoms with van der Waals surface area (Å²) in [4.78, 5) is 3.41. The molecule has 0 spiro atoms. The number of thiocyanates is 1. The van der Waals surface area contributed by atoms with Crippen molar-refractivity contribution >= 4 is 11.8 Å². The highest BCUT2D eigenvalue weighted by Gasteiger charge is 2.35. The summed E-state index contributed by atoms with van der Waals surface area (Å²) in [7, 11) is 3.72. The van der Waals surface area contributed by atoms with Crippen molar-refractivity contribution in [3.05, 3.63) is 41.0 Å². The molecule has 2 aromatic carbocycles. The molecule has 0 saturated carbocycles. The van der Waals surface area contributed by atoms with Gasteiger partial charge in [0.1, 0.15) is 5.40 Å². The number of benzene rings is 2. The summed E-state index contributed by atoms with van der Waals surface area (Å²) in [5.41, 5.74) is 5.62. The van der Waals surface area contributed by atoms with E-state index in [1.807, 2.05) is 18.2 Å². The van der Waals surface area contributed by atoms with E-state index >= 15 is 0 Å². The first kappa shape index (κ1) is 15.4. The van der Waals surface area contributed by atoms with Crippen molar-refractivity contribution in [3.63, 3.8) is 0 Å². The van der Waals surface area contributed by atoms with Crippen molar-refractivity contribution in [3.8, 4) is 28.0 Å². The second-order valence-corrected chi connectivity index (χ2v) is 7.12. The van der Waals surface area contributed by atoms with Crippen LogP contribution in [0.15, 0.2) is 29.2 Å². The van der Waals surface area contributed by atoms with Crippen LogP contribution in [0.3, 0.4) is 0 Å². The van der Waals surface area contributed by atoms with Crippen LogP contribution in [0.4, 0.5) is 0 Å². The van der Waals surface area contributed by atoms with Crippen LogP contribution in [0.25, 0.3) is 11.1 Å². The highest BCUT2D eigenvalue weighted by molar-refractivity contribution is 8.03. The van der Waals surface area contributed by atoms with Crippen LogP contribution in [-0.2, 0) is 12.8 Å².